The molecule has 1 amide bonds. The summed E-state index contributed by atoms with van der Waals surface area (Å²) in [6.07, 6.45) is 5.94. The zero-order valence-corrected chi connectivity index (χ0v) is 12.0. The Labute approximate surface area is 111 Å². The number of carbonyl (C=O) groups excluding carboxylic acids is 1. The molecule has 0 aromatic carbocycles. The lowest BCUT2D eigenvalue weighted by Crippen LogP contribution is -2.43. The number of hydrogen-bond donors (Lipinski definition) is 1. The summed E-state index contributed by atoms with van der Waals surface area (Å²) in [7, 11) is 2.15. The molecule has 0 spiro atoms. The number of likely N-dealkylation sites (N-methyl/N-ethyl adjacent to an activating group) is 1. The Kier molecular flexibility index (Phi) is 7.28. The van der Waals surface area contributed by atoms with E-state index in [1.807, 2.05) is 0 Å². The molecule has 0 aromatic rings. The standard InChI is InChI=1S/C14H29N3O/c1-3-13-12-16(2)10-7-11-17(13)14(18)8-5-4-6-9-15/h13H,3-12,15H2,1-2H3. The van der Waals surface area contributed by atoms with Gasteiger partial charge in [0.05, 0.1) is 0 Å². The summed E-state index contributed by atoms with van der Waals surface area (Å²) < 4.78 is 0. The first kappa shape index (κ1) is 15.4. The number of carbonyl (C=O) groups is 1. The third-order valence-electron chi connectivity index (χ3n) is 3.79. The summed E-state index contributed by atoms with van der Waals surface area (Å²) in [5.41, 5.74) is 5.47. The first-order valence-corrected chi connectivity index (χ1v) is 7.37. The number of rotatable bonds is 6. The van der Waals surface area contributed by atoms with E-state index in [0.717, 1.165) is 58.3 Å². The van der Waals surface area contributed by atoms with Crippen molar-refractivity contribution in [3.63, 3.8) is 0 Å². The van der Waals surface area contributed by atoms with Crippen molar-refractivity contribution >= 4 is 5.91 Å². The van der Waals surface area contributed by atoms with Gasteiger partial charge in [0.25, 0.3) is 0 Å². The maximum atomic E-state index is 12.3. The normalized spacial score (nSPS) is 21.9. The molecule has 1 atom stereocenters. The predicted octanol–water partition coefficient (Wildman–Crippen LogP) is 1.45. The van der Waals surface area contributed by atoms with Crippen LogP contribution in [0.15, 0.2) is 0 Å². The van der Waals surface area contributed by atoms with Crippen molar-refractivity contribution in [2.24, 2.45) is 5.73 Å². The van der Waals surface area contributed by atoms with Crippen molar-refractivity contribution in [3.05, 3.63) is 0 Å². The van der Waals surface area contributed by atoms with Crippen LogP contribution in [0.1, 0.15) is 45.4 Å². The minimum absolute atomic E-state index is 0.342. The molecule has 0 aromatic heterocycles. The summed E-state index contributed by atoms with van der Waals surface area (Å²) >= 11 is 0. The van der Waals surface area contributed by atoms with Gasteiger partial charge in [-0.15, -0.1) is 0 Å². The van der Waals surface area contributed by atoms with E-state index in [1.54, 1.807) is 0 Å². The molecule has 0 aliphatic carbocycles. The molecular formula is C14H29N3O. The molecule has 0 saturated carbocycles. The molecule has 1 saturated heterocycles. The molecule has 1 fully saturated rings. The van der Waals surface area contributed by atoms with Crippen molar-refractivity contribution in [3.8, 4) is 0 Å². The monoisotopic (exact) mass is 255 g/mol. The lowest BCUT2D eigenvalue weighted by molar-refractivity contribution is -0.133. The average Bonchev–Trinajstić information content (AvgIpc) is 2.55. The second-order valence-electron chi connectivity index (χ2n) is 5.36. The van der Waals surface area contributed by atoms with Gasteiger partial charge in [0.2, 0.25) is 5.91 Å². The Morgan fingerprint density at radius 1 is 1.28 bits per heavy atom. The van der Waals surface area contributed by atoms with Gasteiger partial charge in [-0.2, -0.15) is 0 Å². The number of unbranched alkanes of at least 4 members (excludes halogenated alkanes) is 2. The van der Waals surface area contributed by atoms with Gasteiger partial charge in [0, 0.05) is 25.6 Å². The minimum atomic E-state index is 0.342. The van der Waals surface area contributed by atoms with Crippen molar-refractivity contribution in [1.29, 1.82) is 0 Å². The SMILES string of the molecule is CCC1CN(C)CCCN1C(=O)CCCCCN. The van der Waals surface area contributed by atoms with Crippen LogP contribution in [0, 0.1) is 0 Å². The van der Waals surface area contributed by atoms with E-state index < -0.39 is 0 Å². The topological polar surface area (TPSA) is 49.6 Å². The summed E-state index contributed by atoms with van der Waals surface area (Å²) in [5.74, 6) is 0.342. The molecule has 1 aliphatic rings. The number of hydrogen-bond acceptors (Lipinski definition) is 3. The zero-order chi connectivity index (χ0) is 13.4. The van der Waals surface area contributed by atoms with Gasteiger partial charge in [-0.3, -0.25) is 4.79 Å². The van der Waals surface area contributed by atoms with Crippen LogP contribution in [-0.4, -0.2) is 55.0 Å². The molecule has 1 aliphatic heterocycles. The molecule has 1 unspecified atom stereocenters. The molecule has 4 nitrogen and oxygen atoms in total. The summed E-state index contributed by atoms with van der Waals surface area (Å²) in [6.45, 7) is 5.97. The Hall–Kier alpha value is -0.610. The van der Waals surface area contributed by atoms with E-state index in [1.165, 1.54) is 0 Å². The van der Waals surface area contributed by atoms with Gasteiger partial charge < -0.3 is 15.5 Å². The molecule has 18 heavy (non-hydrogen) atoms. The molecule has 0 bridgehead atoms. The van der Waals surface area contributed by atoms with E-state index in [0.29, 0.717) is 18.4 Å². The van der Waals surface area contributed by atoms with Crippen LogP contribution < -0.4 is 5.73 Å². The van der Waals surface area contributed by atoms with Crippen LogP contribution in [0.2, 0.25) is 0 Å². The van der Waals surface area contributed by atoms with Crippen molar-refractivity contribution < 1.29 is 4.79 Å². The summed E-state index contributed by atoms with van der Waals surface area (Å²) in [4.78, 5) is 16.7. The van der Waals surface area contributed by atoms with Crippen LogP contribution in [0.3, 0.4) is 0 Å². The largest absolute Gasteiger partial charge is 0.338 e. The van der Waals surface area contributed by atoms with E-state index in [2.05, 4.69) is 23.8 Å². The lowest BCUT2D eigenvalue weighted by Gasteiger charge is -2.30. The Morgan fingerprint density at radius 2 is 2.06 bits per heavy atom. The van der Waals surface area contributed by atoms with Gasteiger partial charge >= 0.3 is 0 Å². The van der Waals surface area contributed by atoms with Crippen LogP contribution in [0.5, 0.6) is 0 Å². The molecule has 1 rings (SSSR count). The third kappa shape index (κ3) is 4.94. The Balaban J connectivity index is 2.42. The molecular weight excluding hydrogens is 226 g/mol. The van der Waals surface area contributed by atoms with Crippen LogP contribution in [-0.2, 0) is 4.79 Å². The highest BCUT2D eigenvalue weighted by atomic mass is 16.2. The maximum Gasteiger partial charge on any atom is 0.222 e. The number of nitrogens with two attached hydrogens (primary N) is 1. The molecule has 4 heteroatoms. The second kappa shape index (κ2) is 8.48. The fourth-order valence-corrected chi connectivity index (χ4v) is 2.66. The average molecular weight is 255 g/mol. The molecule has 106 valence electrons. The zero-order valence-electron chi connectivity index (χ0n) is 12.0. The fraction of sp³-hybridized carbons (Fsp3) is 0.929. The van der Waals surface area contributed by atoms with Gasteiger partial charge in [0.15, 0.2) is 0 Å². The Morgan fingerprint density at radius 3 is 2.72 bits per heavy atom. The highest BCUT2D eigenvalue weighted by Crippen LogP contribution is 2.14. The highest BCUT2D eigenvalue weighted by molar-refractivity contribution is 5.76. The van der Waals surface area contributed by atoms with E-state index in [4.69, 9.17) is 5.73 Å². The van der Waals surface area contributed by atoms with Gasteiger partial charge in [0.1, 0.15) is 0 Å². The van der Waals surface area contributed by atoms with Crippen LogP contribution in [0.25, 0.3) is 0 Å². The first-order valence-electron chi connectivity index (χ1n) is 7.37. The Bertz CT molecular complexity index is 245. The van der Waals surface area contributed by atoms with Crippen LogP contribution in [0.4, 0.5) is 0 Å². The van der Waals surface area contributed by atoms with Gasteiger partial charge in [-0.25, -0.2) is 0 Å². The van der Waals surface area contributed by atoms with Crippen molar-refractivity contribution in [2.75, 3.05) is 33.2 Å². The summed E-state index contributed by atoms with van der Waals surface area (Å²) in [5, 5.41) is 0. The fourth-order valence-electron chi connectivity index (χ4n) is 2.66. The molecule has 1 heterocycles. The number of nitrogens with zero attached hydrogens (tertiary/aromatic N) is 2. The summed E-state index contributed by atoms with van der Waals surface area (Å²) in [6, 6.07) is 0.402. The van der Waals surface area contributed by atoms with Gasteiger partial charge in [-0.05, 0) is 45.8 Å². The van der Waals surface area contributed by atoms with Gasteiger partial charge in [-0.1, -0.05) is 13.3 Å². The quantitative estimate of drug-likeness (QED) is 0.731. The molecule has 0 radical (unpaired) electrons. The predicted molar refractivity (Wildman–Crippen MR) is 75.4 cm³/mol. The first-order chi connectivity index (χ1) is 8.69. The van der Waals surface area contributed by atoms with Crippen molar-refractivity contribution in [2.45, 2.75) is 51.5 Å². The minimum Gasteiger partial charge on any atom is -0.338 e. The van der Waals surface area contributed by atoms with Crippen molar-refractivity contribution in [1.82, 2.24) is 9.80 Å². The number of amides is 1. The van der Waals surface area contributed by atoms with E-state index >= 15 is 0 Å². The second-order valence-corrected chi connectivity index (χ2v) is 5.36. The third-order valence-corrected chi connectivity index (χ3v) is 3.79. The van der Waals surface area contributed by atoms with Crippen LogP contribution >= 0.6 is 0 Å². The lowest BCUT2D eigenvalue weighted by atomic mass is 10.1. The maximum absolute atomic E-state index is 12.3. The van der Waals surface area contributed by atoms with E-state index in [-0.39, 0.29) is 0 Å². The smallest absolute Gasteiger partial charge is 0.222 e. The molecule has 2 N–H and O–H groups in total. The van der Waals surface area contributed by atoms with E-state index in [9.17, 15) is 4.79 Å². The highest BCUT2D eigenvalue weighted by Gasteiger charge is 2.25.